The van der Waals surface area contributed by atoms with Crippen LogP contribution in [0.5, 0.6) is 17.2 Å². The van der Waals surface area contributed by atoms with Crippen LogP contribution in [0.2, 0.25) is 0 Å². The summed E-state index contributed by atoms with van der Waals surface area (Å²) in [4.78, 5) is 1.99. The summed E-state index contributed by atoms with van der Waals surface area (Å²) in [7, 11) is -3.79. The van der Waals surface area contributed by atoms with Crippen molar-refractivity contribution in [2.24, 2.45) is 0 Å². The predicted molar refractivity (Wildman–Crippen MR) is 131 cm³/mol. The molecule has 0 saturated heterocycles. The molecule has 0 atom stereocenters. The Labute approximate surface area is 197 Å². The average Bonchev–Trinajstić information content (AvgIpc) is 2.86. The molecule has 0 spiro atoms. The highest BCUT2D eigenvalue weighted by Gasteiger charge is 2.33. The highest BCUT2D eigenvalue weighted by molar-refractivity contribution is 7.63. The second kappa shape index (κ2) is 9.24. The van der Waals surface area contributed by atoms with Crippen LogP contribution in [0.25, 0.3) is 0 Å². The van der Waals surface area contributed by atoms with Gasteiger partial charge in [-0.15, -0.1) is 0 Å². The van der Waals surface area contributed by atoms with E-state index in [4.69, 9.17) is 13.8 Å². The van der Waals surface area contributed by atoms with E-state index >= 15 is 0 Å². The van der Waals surface area contributed by atoms with Crippen molar-refractivity contribution in [2.75, 3.05) is 11.6 Å². The molecular formula is C27H23FNO4P. The molecule has 0 radical (unpaired) electrons. The van der Waals surface area contributed by atoms with E-state index in [1.807, 2.05) is 41.3 Å². The number of aryl methyl sites for hydroxylation is 1. The highest BCUT2D eigenvalue weighted by atomic mass is 31.2. The smallest absolute Gasteiger partial charge is 0.462 e. The summed E-state index contributed by atoms with van der Waals surface area (Å²) >= 11 is 0. The van der Waals surface area contributed by atoms with Crippen molar-refractivity contribution in [3.05, 3.63) is 114 Å². The van der Waals surface area contributed by atoms with Crippen LogP contribution < -0.4 is 24.0 Å². The molecule has 4 aromatic rings. The van der Waals surface area contributed by atoms with Crippen LogP contribution in [0.15, 0.2) is 97.1 Å². The largest absolute Gasteiger partial charge is 0.473 e. The van der Waals surface area contributed by atoms with Gasteiger partial charge in [0.15, 0.2) is 6.73 Å². The third-order valence-corrected chi connectivity index (χ3v) is 7.35. The highest BCUT2D eigenvalue weighted by Crippen LogP contribution is 2.48. The van der Waals surface area contributed by atoms with Crippen LogP contribution in [0.3, 0.4) is 0 Å². The monoisotopic (exact) mass is 475 g/mol. The van der Waals surface area contributed by atoms with Crippen LogP contribution in [0, 0.1) is 12.7 Å². The van der Waals surface area contributed by atoms with Gasteiger partial charge in [0.25, 0.3) is 0 Å². The van der Waals surface area contributed by atoms with Gasteiger partial charge in [0.2, 0.25) is 0 Å². The third-order valence-electron chi connectivity index (χ3n) is 5.54. The molecule has 1 aliphatic rings. The van der Waals surface area contributed by atoms with Crippen molar-refractivity contribution in [3.8, 4) is 17.2 Å². The summed E-state index contributed by atoms with van der Waals surface area (Å²) < 4.78 is 45.7. The molecule has 0 fully saturated rings. The minimum Gasteiger partial charge on any atom is -0.473 e. The quantitative estimate of drug-likeness (QED) is 0.299. The van der Waals surface area contributed by atoms with Crippen LogP contribution in [-0.2, 0) is 11.1 Å². The van der Waals surface area contributed by atoms with Gasteiger partial charge in [0, 0.05) is 17.8 Å². The Morgan fingerprint density at radius 1 is 0.853 bits per heavy atom. The van der Waals surface area contributed by atoms with Gasteiger partial charge in [0.05, 0.1) is 5.30 Å². The summed E-state index contributed by atoms with van der Waals surface area (Å²) in [5.41, 5.74) is 2.24. The molecule has 0 saturated carbocycles. The molecule has 7 heteroatoms. The Morgan fingerprint density at radius 2 is 1.50 bits per heavy atom. The summed E-state index contributed by atoms with van der Waals surface area (Å²) in [6, 6.07) is 28.2. The predicted octanol–water partition coefficient (Wildman–Crippen LogP) is 6.47. The van der Waals surface area contributed by atoms with E-state index in [2.05, 4.69) is 0 Å². The zero-order valence-electron chi connectivity index (χ0n) is 18.6. The zero-order valence-corrected chi connectivity index (χ0v) is 19.5. The lowest BCUT2D eigenvalue weighted by molar-refractivity contribution is 0.289. The van der Waals surface area contributed by atoms with Gasteiger partial charge in [-0.25, -0.2) is 8.96 Å². The van der Waals surface area contributed by atoms with Crippen molar-refractivity contribution in [2.45, 2.75) is 13.5 Å². The molecule has 34 heavy (non-hydrogen) atoms. The van der Waals surface area contributed by atoms with E-state index in [0.717, 1.165) is 11.3 Å². The molecule has 0 aliphatic carbocycles. The van der Waals surface area contributed by atoms with Crippen LogP contribution in [-0.4, -0.2) is 6.73 Å². The maximum atomic E-state index is 14.1. The third kappa shape index (κ3) is 4.63. The lowest BCUT2D eigenvalue weighted by Crippen LogP contribution is -2.32. The molecule has 4 aromatic carbocycles. The average molecular weight is 475 g/mol. The topological polar surface area (TPSA) is 48.0 Å². The first-order valence-electron chi connectivity index (χ1n) is 10.9. The number of ether oxygens (including phenoxy) is 1. The van der Waals surface area contributed by atoms with Gasteiger partial charge in [0.1, 0.15) is 23.1 Å². The van der Waals surface area contributed by atoms with E-state index in [1.165, 1.54) is 6.07 Å². The minimum atomic E-state index is -3.79. The molecule has 0 bridgehead atoms. The number of hydrogen-bond acceptors (Lipinski definition) is 5. The molecule has 172 valence electrons. The van der Waals surface area contributed by atoms with E-state index in [1.54, 1.807) is 61.5 Å². The van der Waals surface area contributed by atoms with Gasteiger partial charge in [-0.1, -0.05) is 36.4 Å². The standard InChI is InChI=1S/C27H23FNO4P/c1-20-16-22(12-14-26(20)28)29-18-21-17-25(13-15-27(21)31-19-29)34(30,32-23-8-4-2-5-9-23)33-24-10-6-3-7-11-24/h2-17H,18-19H2,1H3. The normalized spacial score (nSPS) is 13.1. The number of halogens is 1. The number of hydrogen-bond donors (Lipinski definition) is 0. The molecule has 0 amide bonds. The van der Waals surface area contributed by atoms with Crippen LogP contribution in [0.4, 0.5) is 10.1 Å². The molecule has 5 rings (SSSR count). The minimum absolute atomic E-state index is 0.249. The van der Waals surface area contributed by atoms with Crippen molar-refractivity contribution in [1.29, 1.82) is 0 Å². The molecule has 0 N–H and O–H groups in total. The number of nitrogens with zero attached hydrogens (tertiary/aromatic N) is 1. The van der Waals surface area contributed by atoms with Crippen molar-refractivity contribution >= 4 is 18.6 Å². The number of fused-ring (bicyclic) bond motifs is 1. The lowest BCUT2D eigenvalue weighted by Gasteiger charge is -2.31. The molecule has 5 nitrogen and oxygen atoms in total. The first kappa shape index (κ1) is 22.1. The lowest BCUT2D eigenvalue weighted by atomic mass is 10.1. The fourth-order valence-electron chi connectivity index (χ4n) is 3.75. The number of rotatable bonds is 6. The van der Waals surface area contributed by atoms with E-state index in [0.29, 0.717) is 41.4 Å². The Hall–Kier alpha value is -3.76. The SMILES string of the molecule is Cc1cc(N2COc3ccc(P(=O)(Oc4ccccc4)Oc4ccccc4)cc3C2)ccc1F. The van der Waals surface area contributed by atoms with Gasteiger partial charge in [-0.05, 0) is 73.2 Å². The Balaban J connectivity index is 1.49. The van der Waals surface area contributed by atoms with Gasteiger partial charge in [-0.2, -0.15) is 0 Å². The zero-order chi connectivity index (χ0) is 23.5. The molecule has 0 unspecified atom stereocenters. The summed E-state index contributed by atoms with van der Waals surface area (Å²) in [6.45, 7) is 2.56. The van der Waals surface area contributed by atoms with Gasteiger partial charge in [-0.3, -0.25) is 0 Å². The first-order chi connectivity index (χ1) is 16.5. The van der Waals surface area contributed by atoms with Gasteiger partial charge < -0.3 is 18.7 Å². The van der Waals surface area contributed by atoms with Crippen LogP contribution >= 0.6 is 7.60 Å². The summed E-state index contributed by atoms with van der Waals surface area (Å²) in [5, 5.41) is 0.416. The fraction of sp³-hybridized carbons (Fsp3) is 0.111. The second-order valence-corrected chi connectivity index (χ2v) is 9.88. The maximum Gasteiger partial charge on any atom is 0.462 e. The Kier molecular flexibility index (Phi) is 5.99. The first-order valence-corrected chi connectivity index (χ1v) is 12.4. The van der Waals surface area contributed by atoms with Crippen molar-refractivity contribution in [3.63, 3.8) is 0 Å². The van der Waals surface area contributed by atoms with Gasteiger partial charge >= 0.3 is 7.60 Å². The Bertz CT molecular complexity index is 1300. The maximum absolute atomic E-state index is 14.1. The number of para-hydroxylation sites is 2. The number of benzene rings is 4. The second-order valence-electron chi connectivity index (χ2n) is 8.00. The molecule has 1 aliphatic heterocycles. The van der Waals surface area contributed by atoms with Crippen molar-refractivity contribution in [1.82, 2.24) is 0 Å². The summed E-state index contributed by atoms with van der Waals surface area (Å²) in [5.74, 6) is 1.34. The van der Waals surface area contributed by atoms with E-state index in [-0.39, 0.29) is 5.82 Å². The summed E-state index contributed by atoms with van der Waals surface area (Å²) in [6.07, 6.45) is 0. The Morgan fingerprint density at radius 3 is 2.12 bits per heavy atom. The van der Waals surface area contributed by atoms with Crippen LogP contribution in [0.1, 0.15) is 11.1 Å². The molecular weight excluding hydrogens is 452 g/mol. The molecule has 0 aromatic heterocycles. The van der Waals surface area contributed by atoms with E-state index < -0.39 is 7.60 Å². The molecule has 1 heterocycles. The van der Waals surface area contributed by atoms with Crippen molar-refractivity contribution < 1.29 is 22.7 Å². The van der Waals surface area contributed by atoms with E-state index in [9.17, 15) is 8.96 Å². The fourth-order valence-corrected chi connectivity index (χ4v) is 5.37. The number of anilines is 1.